The van der Waals surface area contributed by atoms with E-state index in [0.29, 0.717) is 0 Å². The van der Waals surface area contributed by atoms with Crippen molar-refractivity contribution in [2.45, 2.75) is 36.2 Å². The number of rotatable bonds is 5. The van der Waals surface area contributed by atoms with Gasteiger partial charge in [0.05, 0.1) is 12.2 Å². The van der Waals surface area contributed by atoms with E-state index in [4.69, 9.17) is 5.11 Å². The number of nitrogens with one attached hydrogen (secondary N) is 1. The topological polar surface area (TPSA) is 96.6 Å². The van der Waals surface area contributed by atoms with Crippen LogP contribution in [0.4, 0.5) is 4.39 Å². The number of aliphatic carboxylic acids is 1. The Morgan fingerprint density at radius 2 is 2.15 bits per heavy atom. The third kappa shape index (κ3) is 3.37. The molecule has 1 aromatic rings. The zero-order chi connectivity index (χ0) is 14.8. The van der Waals surface area contributed by atoms with E-state index in [0.717, 1.165) is 6.26 Å². The maximum atomic E-state index is 14.4. The van der Waals surface area contributed by atoms with Crippen LogP contribution in [0.25, 0.3) is 0 Å². The highest BCUT2D eigenvalue weighted by atomic mass is 32.2. The molecule has 8 heteroatoms. The van der Waals surface area contributed by atoms with E-state index in [1.807, 2.05) is 0 Å². The number of carboxylic acids is 1. The molecule has 0 saturated heterocycles. The van der Waals surface area contributed by atoms with Gasteiger partial charge < -0.3 is 9.52 Å². The van der Waals surface area contributed by atoms with Gasteiger partial charge >= 0.3 is 5.97 Å². The summed E-state index contributed by atoms with van der Waals surface area (Å²) in [7, 11) is -3.78. The van der Waals surface area contributed by atoms with Gasteiger partial charge in [-0.2, -0.15) is 0 Å². The summed E-state index contributed by atoms with van der Waals surface area (Å²) in [5, 5.41) is 8.85. The van der Waals surface area contributed by atoms with Crippen LogP contribution in [0.15, 0.2) is 27.9 Å². The maximum Gasteiger partial charge on any atom is 0.306 e. The molecule has 20 heavy (non-hydrogen) atoms. The molecule has 0 spiro atoms. The molecule has 0 bridgehead atoms. The predicted octanol–water partition coefficient (Wildman–Crippen LogP) is 1.54. The van der Waals surface area contributed by atoms with Crippen LogP contribution in [0.2, 0.25) is 0 Å². The Bertz CT molecular complexity index is 561. The number of hydrogen-bond acceptors (Lipinski definition) is 4. The number of hydrogen-bond donors (Lipinski definition) is 2. The van der Waals surface area contributed by atoms with E-state index >= 15 is 0 Å². The summed E-state index contributed by atoms with van der Waals surface area (Å²) in [6.45, 7) is -0.354. The second-order valence-corrected chi connectivity index (χ2v) is 6.81. The monoisotopic (exact) mass is 305 g/mol. The lowest BCUT2D eigenvalue weighted by Crippen LogP contribution is -2.42. The summed E-state index contributed by atoms with van der Waals surface area (Å²) in [6, 6.07) is 1.27. The van der Waals surface area contributed by atoms with Crippen LogP contribution in [-0.2, 0) is 14.8 Å². The fourth-order valence-electron chi connectivity index (χ4n) is 2.27. The van der Waals surface area contributed by atoms with Crippen molar-refractivity contribution in [2.24, 2.45) is 5.92 Å². The van der Waals surface area contributed by atoms with Gasteiger partial charge in [-0.1, -0.05) is 0 Å². The van der Waals surface area contributed by atoms with Gasteiger partial charge in [-0.25, -0.2) is 17.5 Å². The average molecular weight is 305 g/mol. The van der Waals surface area contributed by atoms with Crippen LogP contribution < -0.4 is 4.72 Å². The molecule has 0 unspecified atom stereocenters. The van der Waals surface area contributed by atoms with Crippen LogP contribution >= 0.6 is 0 Å². The Morgan fingerprint density at radius 1 is 1.50 bits per heavy atom. The molecule has 1 aliphatic rings. The summed E-state index contributed by atoms with van der Waals surface area (Å²) in [4.78, 5) is 10.7. The molecule has 2 N–H and O–H groups in total. The Morgan fingerprint density at radius 3 is 2.65 bits per heavy atom. The van der Waals surface area contributed by atoms with E-state index in [9.17, 15) is 17.6 Å². The molecule has 1 fully saturated rings. The number of alkyl halides is 1. The van der Waals surface area contributed by atoms with Crippen LogP contribution in [0.3, 0.4) is 0 Å². The minimum Gasteiger partial charge on any atom is -0.481 e. The first kappa shape index (κ1) is 15.0. The smallest absolute Gasteiger partial charge is 0.306 e. The summed E-state index contributed by atoms with van der Waals surface area (Å²) >= 11 is 0. The first-order chi connectivity index (χ1) is 9.32. The van der Waals surface area contributed by atoms with Crippen LogP contribution in [0.1, 0.15) is 25.7 Å². The SMILES string of the molecule is O=C(O)C1CCC(F)(CNS(=O)(=O)c2ccoc2)CC1. The molecule has 0 amide bonds. The lowest BCUT2D eigenvalue weighted by atomic mass is 9.80. The van der Waals surface area contributed by atoms with Gasteiger partial charge in [-0.15, -0.1) is 0 Å². The third-order valence-corrected chi connectivity index (χ3v) is 4.99. The molecule has 0 aliphatic heterocycles. The van der Waals surface area contributed by atoms with Crippen LogP contribution in [0.5, 0.6) is 0 Å². The highest BCUT2D eigenvalue weighted by Gasteiger charge is 2.38. The van der Waals surface area contributed by atoms with E-state index in [2.05, 4.69) is 9.14 Å². The van der Waals surface area contributed by atoms with E-state index in [-0.39, 0.29) is 37.1 Å². The van der Waals surface area contributed by atoms with E-state index < -0.39 is 27.6 Å². The fourth-order valence-corrected chi connectivity index (χ4v) is 3.30. The zero-order valence-corrected chi connectivity index (χ0v) is 11.5. The van der Waals surface area contributed by atoms with Gasteiger partial charge in [-0.3, -0.25) is 4.79 Å². The summed E-state index contributed by atoms with van der Waals surface area (Å²) in [5.41, 5.74) is -1.69. The molecular weight excluding hydrogens is 289 g/mol. The molecule has 0 aromatic carbocycles. The number of carboxylic acid groups (broad SMARTS) is 1. The van der Waals surface area contributed by atoms with Gasteiger partial charge in [0.2, 0.25) is 10.0 Å². The molecule has 1 aromatic heterocycles. The summed E-state index contributed by atoms with van der Waals surface area (Å²) < 4.78 is 45.0. The Labute approximate surface area is 116 Å². The predicted molar refractivity (Wildman–Crippen MR) is 67.3 cm³/mol. The third-order valence-electron chi connectivity index (χ3n) is 3.62. The number of carbonyl (C=O) groups is 1. The fraction of sp³-hybridized carbons (Fsp3) is 0.583. The van der Waals surface area contributed by atoms with Crippen molar-refractivity contribution in [3.8, 4) is 0 Å². The Balaban J connectivity index is 1.93. The first-order valence-corrected chi connectivity index (χ1v) is 7.74. The lowest BCUT2D eigenvalue weighted by Gasteiger charge is -2.32. The first-order valence-electron chi connectivity index (χ1n) is 6.26. The highest BCUT2D eigenvalue weighted by Crippen LogP contribution is 2.35. The molecule has 1 aliphatic carbocycles. The summed E-state index contributed by atoms with van der Waals surface area (Å²) in [5.74, 6) is -1.46. The molecular formula is C12H16FNO5S. The van der Waals surface area contributed by atoms with Crippen molar-refractivity contribution < 1.29 is 27.1 Å². The zero-order valence-electron chi connectivity index (χ0n) is 10.7. The second-order valence-electron chi connectivity index (χ2n) is 5.05. The van der Waals surface area contributed by atoms with E-state index in [1.165, 1.54) is 12.3 Å². The van der Waals surface area contributed by atoms with Crippen molar-refractivity contribution in [3.63, 3.8) is 0 Å². The quantitative estimate of drug-likeness (QED) is 0.860. The molecule has 112 valence electrons. The van der Waals surface area contributed by atoms with Crippen molar-refractivity contribution in [2.75, 3.05) is 6.54 Å². The van der Waals surface area contributed by atoms with Gasteiger partial charge in [0, 0.05) is 6.54 Å². The lowest BCUT2D eigenvalue weighted by molar-refractivity contribution is -0.143. The summed E-state index contributed by atoms with van der Waals surface area (Å²) in [6.07, 6.45) is 2.81. The van der Waals surface area contributed by atoms with Crippen molar-refractivity contribution >= 4 is 16.0 Å². The van der Waals surface area contributed by atoms with E-state index in [1.54, 1.807) is 0 Å². The molecule has 2 rings (SSSR count). The number of sulfonamides is 1. The second kappa shape index (κ2) is 5.53. The van der Waals surface area contributed by atoms with Gasteiger partial charge in [0.1, 0.15) is 16.8 Å². The molecule has 1 saturated carbocycles. The molecule has 0 radical (unpaired) electrons. The van der Waals surface area contributed by atoms with Gasteiger partial charge in [0.15, 0.2) is 0 Å². The maximum absolute atomic E-state index is 14.4. The Hall–Kier alpha value is -1.41. The highest BCUT2D eigenvalue weighted by molar-refractivity contribution is 7.89. The largest absolute Gasteiger partial charge is 0.481 e. The van der Waals surface area contributed by atoms with Crippen molar-refractivity contribution in [1.29, 1.82) is 0 Å². The number of halogens is 1. The normalized spacial score (nSPS) is 27.4. The van der Waals surface area contributed by atoms with Gasteiger partial charge in [-0.05, 0) is 31.7 Å². The molecule has 0 atom stereocenters. The van der Waals surface area contributed by atoms with Crippen molar-refractivity contribution in [3.05, 3.63) is 18.6 Å². The standard InChI is InChI=1S/C12H16FNO5S/c13-12(4-1-9(2-5-12)11(15)16)8-14-20(17,18)10-3-6-19-7-10/h3,6-7,9,14H,1-2,4-5,8H2,(H,15,16). The average Bonchev–Trinajstić information content (AvgIpc) is 2.92. The Kier molecular flexibility index (Phi) is 4.14. The molecule has 1 heterocycles. The van der Waals surface area contributed by atoms with Crippen molar-refractivity contribution in [1.82, 2.24) is 4.72 Å². The van der Waals surface area contributed by atoms with Crippen LogP contribution in [0, 0.1) is 5.92 Å². The van der Waals surface area contributed by atoms with Gasteiger partial charge in [0.25, 0.3) is 0 Å². The number of furan rings is 1. The minimum absolute atomic E-state index is 0.0396. The minimum atomic E-state index is -3.78. The molecule has 6 nitrogen and oxygen atoms in total. The van der Waals surface area contributed by atoms with Crippen LogP contribution in [-0.4, -0.2) is 31.7 Å².